The Kier molecular flexibility index (Phi) is 4.74. The minimum Gasteiger partial charge on any atom is -0.392 e. The van der Waals surface area contributed by atoms with Gasteiger partial charge in [0.2, 0.25) is 0 Å². The lowest BCUT2D eigenvalue weighted by atomic mass is 10.2. The summed E-state index contributed by atoms with van der Waals surface area (Å²) in [5.41, 5.74) is 7.14. The van der Waals surface area contributed by atoms with Crippen molar-refractivity contribution >= 4 is 21.6 Å². The van der Waals surface area contributed by atoms with Gasteiger partial charge in [-0.05, 0) is 41.1 Å². The predicted octanol–water partition coefficient (Wildman–Crippen LogP) is 1.44. The van der Waals surface area contributed by atoms with Crippen LogP contribution in [0.25, 0.3) is 0 Å². The standard InChI is InChI=1S/C11H14BrN3O/c1-7(16)10(14)6-15-11-3-2-8(5-13)4-9(11)12/h2-4,7,10,15-16H,6,14H2,1H3. The van der Waals surface area contributed by atoms with Crippen LogP contribution in [-0.2, 0) is 0 Å². The molecule has 86 valence electrons. The maximum atomic E-state index is 9.23. The average molecular weight is 284 g/mol. The van der Waals surface area contributed by atoms with E-state index < -0.39 is 6.10 Å². The molecule has 0 bridgehead atoms. The molecule has 0 saturated carbocycles. The van der Waals surface area contributed by atoms with Crippen molar-refractivity contribution in [3.8, 4) is 6.07 Å². The Morgan fingerprint density at radius 3 is 2.81 bits per heavy atom. The maximum absolute atomic E-state index is 9.23. The fourth-order valence-electron chi connectivity index (χ4n) is 1.13. The molecule has 0 heterocycles. The van der Waals surface area contributed by atoms with Crippen LogP contribution in [0.2, 0.25) is 0 Å². The molecular weight excluding hydrogens is 270 g/mol. The third kappa shape index (κ3) is 3.49. The van der Waals surface area contributed by atoms with Crippen LogP contribution in [0, 0.1) is 11.3 Å². The van der Waals surface area contributed by atoms with Crippen molar-refractivity contribution in [3.05, 3.63) is 28.2 Å². The molecule has 0 amide bonds. The molecule has 0 aliphatic rings. The normalized spacial score (nSPS) is 13.9. The molecule has 2 unspecified atom stereocenters. The van der Waals surface area contributed by atoms with Gasteiger partial charge >= 0.3 is 0 Å². The zero-order chi connectivity index (χ0) is 12.1. The highest BCUT2D eigenvalue weighted by molar-refractivity contribution is 9.10. The van der Waals surface area contributed by atoms with Crippen LogP contribution in [0.3, 0.4) is 0 Å². The van der Waals surface area contributed by atoms with Gasteiger partial charge in [-0.2, -0.15) is 5.26 Å². The van der Waals surface area contributed by atoms with E-state index in [0.717, 1.165) is 10.2 Å². The van der Waals surface area contributed by atoms with Gasteiger partial charge in [0, 0.05) is 22.7 Å². The SMILES string of the molecule is CC(O)C(N)CNc1ccc(C#N)cc1Br. The number of hydrogen-bond donors (Lipinski definition) is 3. The molecule has 0 fully saturated rings. The van der Waals surface area contributed by atoms with E-state index >= 15 is 0 Å². The Morgan fingerprint density at radius 2 is 2.31 bits per heavy atom. The van der Waals surface area contributed by atoms with Gasteiger partial charge in [-0.3, -0.25) is 0 Å². The lowest BCUT2D eigenvalue weighted by Gasteiger charge is -2.16. The van der Waals surface area contributed by atoms with E-state index in [0.29, 0.717) is 12.1 Å². The number of nitrogens with zero attached hydrogens (tertiary/aromatic N) is 1. The van der Waals surface area contributed by atoms with Gasteiger partial charge in [0.1, 0.15) is 0 Å². The summed E-state index contributed by atoms with van der Waals surface area (Å²) >= 11 is 3.36. The quantitative estimate of drug-likeness (QED) is 0.781. The highest BCUT2D eigenvalue weighted by Gasteiger charge is 2.09. The highest BCUT2D eigenvalue weighted by Crippen LogP contribution is 2.23. The Morgan fingerprint density at radius 1 is 1.62 bits per heavy atom. The second kappa shape index (κ2) is 5.85. The lowest BCUT2D eigenvalue weighted by Crippen LogP contribution is -2.38. The third-order valence-electron chi connectivity index (χ3n) is 2.25. The summed E-state index contributed by atoms with van der Waals surface area (Å²) in [6, 6.07) is 7.00. The first-order valence-electron chi connectivity index (χ1n) is 4.91. The van der Waals surface area contributed by atoms with E-state index in [-0.39, 0.29) is 6.04 Å². The minimum absolute atomic E-state index is 0.317. The van der Waals surface area contributed by atoms with E-state index in [1.54, 1.807) is 25.1 Å². The maximum Gasteiger partial charge on any atom is 0.0992 e. The highest BCUT2D eigenvalue weighted by atomic mass is 79.9. The van der Waals surface area contributed by atoms with Crippen LogP contribution in [-0.4, -0.2) is 23.8 Å². The summed E-state index contributed by atoms with van der Waals surface area (Å²) in [4.78, 5) is 0. The third-order valence-corrected chi connectivity index (χ3v) is 2.90. The summed E-state index contributed by atoms with van der Waals surface area (Å²) in [6.45, 7) is 2.13. The lowest BCUT2D eigenvalue weighted by molar-refractivity contribution is 0.168. The topological polar surface area (TPSA) is 82.1 Å². The number of aliphatic hydroxyl groups excluding tert-OH is 1. The average Bonchev–Trinajstić information content (AvgIpc) is 2.26. The van der Waals surface area contributed by atoms with Crippen LogP contribution < -0.4 is 11.1 Å². The van der Waals surface area contributed by atoms with Gasteiger partial charge in [-0.25, -0.2) is 0 Å². The number of anilines is 1. The molecule has 1 aromatic rings. The first-order chi connectivity index (χ1) is 7.54. The van der Waals surface area contributed by atoms with Crippen LogP contribution in [0.1, 0.15) is 12.5 Å². The largest absolute Gasteiger partial charge is 0.392 e. The van der Waals surface area contributed by atoms with Gasteiger partial charge in [0.15, 0.2) is 0 Å². The summed E-state index contributed by atoms with van der Waals surface area (Å²) in [5.74, 6) is 0. The fraction of sp³-hybridized carbons (Fsp3) is 0.364. The monoisotopic (exact) mass is 283 g/mol. The Balaban J connectivity index is 2.65. The molecular formula is C11H14BrN3O. The number of aliphatic hydroxyl groups is 1. The van der Waals surface area contributed by atoms with Gasteiger partial charge in [-0.15, -0.1) is 0 Å². The van der Waals surface area contributed by atoms with Gasteiger partial charge in [-0.1, -0.05) is 0 Å². The van der Waals surface area contributed by atoms with E-state index in [9.17, 15) is 5.11 Å². The molecule has 0 aliphatic heterocycles. The fourth-order valence-corrected chi connectivity index (χ4v) is 1.65. The van der Waals surface area contributed by atoms with Crippen molar-refractivity contribution in [1.82, 2.24) is 0 Å². The molecule has 4 N–H and O–H groups in total. The second-order valence-corrected chi connectivity index (χ2v) is 4.45. The predicted molar refractivity (Wildman–Crippen MR) is 67.0 cm³/mol. The molecule has 2 atom stereocenters. The van der Waals surface area contributed by atoms with E-state index in [1.165, 1.54) is 0 Å². The second-order valence-electron chi connectivity index (χ2n) is 3.59. The molecule has 0 radical (unpaired) electrons. The molecule has 16 heavy (non-hydrogen) atoms. The van der Waals surface area contributed by atoms with Crippen molar-refractivity contribution in [1.29, 1.82) is 5.26 Å². The van der Waals surface area contributed by atoms with Crippen molar-refractivity contribution in [2.24, 2.45) is 5.73 Å². The van der Waals surface area contributed by atoms with Crippen molar-refractivity contribution in [2.45, 2.75) is 19.1 Å². The van der Waals surface area contributed by atoms with Crippen molar-refractivity contribution in [3.63, 3.8) is 0 Å². The Bertz CT molecular complexity index is 401. The number of hydrogen-bond acceptors (Lipinski definition) is 4. The van der Waals surface area contributed by atoms with Crippen LogP contribution in [0.5, 0.6) is 0 Å². The summed E-state index contributed by atoms with van der Waals surface area (Å²) in [7, 11) is 0. The van der Waals surface area contributed by atoms with Crippen LogP contribution in [0.15, 0.2) is 22.7 Å². The number of nitrogens with one attached hydrogen (secondary N) is 1. The Hall–Kier alpha value is -1.09. The number of rotatable bonds is 4. The molecule has 5 heteroatoms. The number of nitriles is 1. The van der Waals surface area contributed by atoms with Gasteiger partial charge in [0.25, 0.3) is 0 Å². The Labute approximate surface area is 103 Å². The first-order valence-corrected chi connectivity index (χ1v) is 5.71. The minimum atomic E-state index is -0.551. The molecule has 0 spiro atoms. The van der Waals surface area contributed by atoms with E-state index in [1.807, 2.05) is 0 Å². The summed E-state index contributed by atoms with van der Waals surface area (Å²) < 4.78 is 0.810. The molecule has 0 aromatic heterocycles. The molecule has 1 aromatic carbocycles. The van der Waals surface area contributed by atoms with Crippen molar-refractivity contribution < 1.29 is 5.11 Å². The van der Waals surface area contributed by atoms with E-state index in [4.69, 9.17) is 11.0 Å². The molecule has 0 aliphatic carbocycles. The zero-order valence-electron chi connectivity index (χ0n) is 8.94. The number of benzene rings is 1. The molecule has 0 saturated heterocycles. The first kappa shape index (κ1) is 13.0. The van der Waals surface area contributed by atoms with Gasteiger partial charge in [0.05, 0.1) is 17.7 Å². The zero-order valence-corrected chi connectivity index (χ0v) is 10.5. The van der Waals surface area contributed by atoms with Crippen LogP contribution >= 0.6 is 15.9 Å². The number of nitrogens with two attached hydrogens (primary N) is 1. The molecule has 4 nitrogen and oxygen atoms in total. The smallest absolute Gasteiger partial charge is 0.0992 e. The molecule has 1 rings (SSSR count). The van der Waals surface area contributed by atoms with Crippen LogP contribution in [0.4, 0.5) is 5.69 Å². The van der Waals surface area contributed by atoms with Crippen molar-refractivity contribution in [2.75, 3.05) is 11.9 Å². The summed E-state index contributed by atoms with van der Waals surface area (Å²) in [5, 5.41) is 21.0. The van der Waals surface area contributed by atoms with E-state index in [2.05, 4.69) is 27.3 Å². The number of halogens is 1. The van der Waals surface area contributed by atoms with Gasteiger partial charge < -0.3 is 16.2 Å². The summed E-state index contributed by atoms with van der Waals surface area (Å²) in [6.07, 6.45) is -0.551.